The lowest BCUT2D eigenvalue weighted by Gasteiger charge is -2.13. The van der Waals surface area contributed by atoms with Gasteiger partial charge in [-0.25, -0.2) is 0 Å². The average Bonchev–Trinajstić information content (AvgIpc) is 2.64. The topological polar surface area (TPSA) is 29.9 Å². The molecule has 3 nitrogen and oxygen atoms in total. The van der Waals surface area contributed by atoms with Crippen molar-refractivity contribution < 1.29 is 13.2 Å². The van der Waals surface area contributed by atoms with Gasteiger partial charge in [-0.05, 0) is 25.5 Å². The summed E-state index contributed by atoms with van der Waals surface area (Å²) in [4.78, 5) is 0. The molecule has 0 aliphatic rings. The van der Waals surface area contributed by atoms with E-state index < -0.39 is 11.7 Å². The largest absolute Gasteiger partial charge is 0.416 e. The Hall–Kier alpha value is -1.82. The second kappa shape index (κ2) is 5.89. The molecule has 0 atom stereocenters. The van der Waals surface area contributed by atoms with Crippen molar-refractivity contribution in [1.82, 2.24) is 15.1 Å². The Bertz CT molecular complexity index is 630. The second-order valence-electron chi connectivity index (χ2n) is 5.03. The van der Waals surface area contributed by atoms with Gasteiger partial charge in [0.25, 0.3) is 0 Å². The first-order valence-corrected chi connectivity index (χ1v) is 6.65. The SMILES string of the molecule is Cc1nn(C)c(C)c1CNCc1ccccc1C(F)(F)F. The fraction of sp³-hybridized carbons (Fsp3) is 0.400. The standard InChI is InChI=1S/C15H18F3N3/c1-10-13(11(2)21(3)20-10)9-19-8-12-6-4-5-7-14(12)15(16,17)18/h4-7,19H,8-9H2,1-3H3. The molecule has 1 N–H and O–H groups in total. The number of nitrogens with zero attached hydrogens (tertiary/aromatic N) is 2. The lowest BCUT2D eigenvalue weighted by atomic mass is 10.1. The zero-order chi connectivity index (χ0) is 15.6. The maximum absolute atomic E-state index is 12.9. The molecule has 0 radical (unpaired) electrons. The highest BCUT2D eigenvalue weighted by molar-refractivity contribution is 5.30. The Labute approximate surface area is 121 Å². The van der Waals surface area contributed by atoms with E-state index in [1.54, 1.807) is 10.7 Å². The minimum Gasteiger partial charge on any atom is -0.308 e. The molecular weight excluding hydrogens is 279 g/mol. The Morgan fingerprint density at radius 1 is 1.14 bits per heavy atom. The van der Waals surface area contributed by atoms with Gasteiger partial charge in [-0.1, -0.05) is 18.2 Å². The number of benzene rings is 1. The van der Waals surface area contributed by atoms with Crippen LogP contribution in [0.25, 0.3) is 0 Å². The summed E-state index contributed by atoms with van der Waals surface area (Å²) in [5, 5.41) is 7.36. The molecule has 0 amide bonds. The highest BCUT2D eigenvalue weighted by Crippen LogP contribution is 2.31. The summed E-state index contributed by atoms with van der Waals surface area (Å²) in [6, 6.07) is 5.63. The first-order chi connectivity index (χ1) is 9.80. The molecule has 0 spiro atoms. The Morgan fingerprint density at radius 3 is 2.38 bits per heavy atom. The van der Waals surface area contributed by atoms with Crippen LogP contribution in [-0.4, -0.2) is 9.78 Å². The van der Waals surface area contributed by atoms with Crippen LogP contribution in [0, 0.1) is 13.8 Å². The van der Waals surface area contributed by atoms with Crippen LogP contribution in [0.2, 0.25) is 0 Å². The van der Waals surface area contributed by atoms with E-state index in [1.807, 2.05) is 20.9 Å². The second-order valence-corrected chi connectivity index (χ2v) is 5.03. The van der Waals surface area contributed by atoms with Gasteiger partial charge in [0, 0.05) is 31.4 Å². The summed E-state index contributed by atoms with van der Waals surface area (Å²) in [7, 11) is 1.85. The van der Waals surface area contributed by atoms with Crippen molar-refractivity contribution in [2.45, 2.75) is 33.1 Å². The van der Waals surface area contributed by atoms with E-state index in [0.29, 0.717) is 6.54 Å². The predicted octanol–water partition coefficient (Wildman–Crippen LogP) is 3.35. The molecule has 0 aliphatic heterocycles. The molecule has 6 heteroatoms. The molecule has 2 aromatic rings. The third-order valence-corrected chi connectivity index (χ3v) is 3.60. The lowest BCUT2D eigenvalue weighted by Crippen LogP contribution is -2.18. The molecule has 1 heterocycles. The van der Waals surface area contributed by atoms with Gasteiger partial charge in [-0.2, -0.15) is 18.3 Å². The molecule has 0 aliphatic carbocycles. The van der Waals surface area contributed by atoms with Crippen LogP contribution in [0.5, 0.6) is 0 Å². The van der Waals surface area contributed by atoms with E-state index in [0.717, 1.165) is 23.0 Å². The van der Waals surface area contributed by atoms with Crippen molar-refractivity contribution >= 4 is 0 Å². The minimum absolute atomic E-state index is 0.170. The molecule has 0 saturated heterocycles. The Kier molecular flexibility index (Phi) is 4.37. The zero-order valence-electron chi connectivity index (χ0n) is 12.3. The van der Waals surface area contributed by atoms with Gasteiger partial charge in [0.05, 0.1) is 11.3 Å². The predicted molar refractivity (Wildman–Crippen MR) is 74.7 cm³/mol. The van der Waals surface area contributed by atoms with Crippen molar-refractivity contribution in [3.8, 4) is 0 Å². The maximum atomic E-state index is 12.9. The number of hydrogen-bond acceptors (Lipinski definition) is 2. The van der Waals surface area contributed by atoms with Crippen LogP contribution in [0.3, 0.4) is 0 Å². The molecule has 1 aromatic carbocycles. The summed E-state index contributed by atoms with van der Waals surface area (Å²) in [5.74, 6) is 0. The highest BCUT2D eigenvalue weighted by Gasteiger charge is 2.32. The Balaban J connectivity index is 2.08. The smallest absolute Gasteiger partial charge is 0.308 e. The number of alkyl halides is 3. The maximum Gasteiger partial charge on any atom is 0.416 e. The van der Waals surface area contributed by atoms with Gasteiger partial charge in [0.1, 0.15) is 0 Å². The van der Waals surface area contributed by atoms with E-state index in [9.17, 15) is 13.2 Å². The fourth-order valence-corrected chi connectivity index (χ4v) is 2.35. The van der Waals surface area contributed by atoms with E-state index in [-0.39, 0.29) is 12.1 Å². The van der Waals surface area contributed by atoms with Gasteiger partial charge >= 0.3 is 6.18 Å². The van der Waals surface area contributed by atoms with Crippen LogP contribution in [0.1, 0.15) is 28.1 Å². The molecule has 0 unspecified atom stereocenters. The first kappa shape index (κ1) is 15.6. The number of nitrogens with one attached hydrogen (secondary N) is 1. The minimum atomic E-state index is -4.32. The van der Waals surface area contributed by atoms with E-state index in [4.69, 9.17) is 0 Å². The summed E-state index contributed by atoms with van der Waals surface area (Å²) in [6.07, 6.45) is -4.32. The Morgan fingerprint density at radius 2 is 1.81 bits per heavy atom. The molecule has 21 heavy (non-hydrogen) atoms. The highest BCUT2D eigenvalue weighted by atomic mass is 19.4. The van der Waals surface area contributed by atoms with Crippen molar-refractivity contribution in [2.75, 3.05) is 0 Å². The summed E-state index contributed by atoms with van der Waals surface area (Å²) in [6.45, 7) is 4.51. The van der Waals surface area contributed by atoms with Gasteiger partial charge in [0.2, 0.25) is 0 Å². The third-order valence-electron chi connectivity index (χ3n) is 3.60. The quantitative estimate of drug-likeness (QED) is 0.938. The van der Waals surface area contributed by atoms with Gasteiger partial charge < -0.3 is 5.32 Å². The van der Waals surface area contributed by atoms with Crippen LogP contribution in [0.15, 0.2) is 24.3 Å². The summed E-state index contributed by atoms with van der Waals surface area (Å²) in [5.41, 5.74) is 2.61. The monoisotopic (exact) mass is 297 g/mol. The van der Waals surface area contributed by atoms with Crippen LogP contribution in [0.4, 0.5) is 13.2 Å². The number of rotatable bonds is 4. The van der Waals surface area contributed by atoms with E-state index in [1.165, 1.54) is 12.1 Å². The zero-order valence-corrected chi connectivity index (χ0v) is 12.3. The van der Waals surface area contributed by atoms with Crippen molar-refractivity contribution in [1.29, 1.82) is 0 Å². The molecular formula is C15H18F3N3. The molecule has 0 fully saturated rings. The summed E-state index contributed by atoms with van der Waals surface area (Å²) < 4.78 is 40.4. The molecule has 114 valence electrons. The number of aryl methyl sites for hydroxylation is 2. The average molecular weight is 297 g/mol. The summed E-state index contributed by atoms with van der Waals surface area (Å²) >= 11 is 0. The molecule has 0 saturated carbocycles. The fourth-order valence-electron chi connectivity index (χ4n) is 2.35. The molecule has 0 bridgehead atoms. The number of aromatic nitrogens is 2. The normalized spacial score (nSPS) is 11.9. The number of halogens is 3. The molecule has 1 aromatic heterocycles. The molecule has 2 rings (SSSR count). The van der Waals surface area contributed by atoms with Crippen LogP contribution >= 0.6 is 0 Å². The van der Waals surface area contributed by atoms with Crippen LogP contribution in [-0.2, 0) is 26.3 Å². The van der Waals surface area contributed by atoms with E-state index >= 15 is 0 Å². The van der Waals surface area contributed by atoms with E-state index in [2.05, 4.69) is 10.4 Å². The van der Waals surface area contributed by atoms with Crippen LogP contribution < -0.4 is 5.32 Å². The van der Waals surface area contributed by atoms with Crippen molar-refractivity contribution in [3.63, 3.8) is 0 Å². The first-order valence-electron chi connectivity index (χ1n) is 6.65. The third kappa shape index (κ3) is 3.44. The lowest BCUT2D eigenvalue weighted by molar-refractivity contribution is -0.138. The van der Waals surface area contributed by atoms with Gasteiger partial charge in [-0.15, -0.1) is 0 Å². The number of hydrogen-bond donors (Lipinski definition) is 1. The van der Waals surface area contributed by atoms with Gasteiger partial charge in [-0.3, -0.25) is 4.68 Å². The van der Waals surface area contributed by atoms with Gasteiger partial charge in [0.15, 0.2) is 0 Å². The van der Waals surface area contributed by atoms with Crippen molar-refractivity contribution in [2.24, 2.45) is 7.05 Å². The van der Waals surface area contributed by atoms with Crippen molar-refractivity contribution in [3.05, 3.63) is 52.3 Å².